The van der Waals surface area contributed by atoms with Crippen LogP contribution in [0.4, 0.5) is 0 Å². The highest BCUT2D eigenvalue weighted by atomic mass is 31.2. The largest absolute Gasteiger partial charge is 0.300 e. The van der Waals surface area contributed by atoms with Crippen LogP contribution in [0, 0.1) is 0 Å². The second-order valence-corrected chi connectivity index (χ2v) is 5.02. The number of nitrogens with one attached hydrogen (secondary N) is 1. The van der Waals surface area contributed by atoms with Gasteiger partial charge < -0.3 is 4.57 Å². The fraction of sp³-hybridized carbons (Fsp3) is 0.250. The first-order valence-corrected chi connectivity index (χ1v) is 5.46. The third-order valence-corrected chi connectivity index (χ3v) is 3.64. The van der Waals surface area contributed by atoms with E-state index in [1.165, 1.54) is 0 Å². The number of hydrogen-bond donors (Lipinski definition) is 0. The molecule has 0 aliphatic rings. The topological polar surface area (TPSA) is 40.9 Å². The molecule has 1 aromatic carbocycles. The third kappa shape index (κ3) is 1.92. The lowest BCUT2D eigenvalue weighted by atomic mass is 10.4. The fourth-order valence-corrected chi connectivity index (χ4v) is 1.87. The van der Waals surface area contributed by atoms with Gasteiger partial charge in [-0.2, -0.15) is 5.50 Å². The molecule has 0 spiro atoms. The van der Waals surface area contributed by atoms with Crippen molar-refractivity contribution in [3.05, 3.63) is 30.3 Å². The Labute approximate surface area is 66.8 Å². The Hall–Kier alpha value is -0.590. The van der Waals surface area contributed by atoms with E-state index >= 15 is 0 Å². The lowest BCUT2D eigenvalue weighted by molar-refractivity contribution is 0.582. The summed E-state index contributed by atoms with van der Waals surface area (Å²) in [4.78, 5) is 0. The average Bonchev–Trinajstić information content (AvgIpc) is 2.06. The second kappa shape index (κ2) is 3.21. The van der Waals surface area contributed by atoms with E-state index in [0.29, 0.717) is 11.5 Å². The van der Waals surface area contributed by atoms with Crippen molar-refractivity contribution in [1.82, 2.24) is 5.50 Å². The minimum absolute atomic E-state index is 0.414. The maximum atomic E-state index is 11.5. The van der Waals surface area contributed by atoms with E-state index in [9.17, 15) is 4.57 Å². The van der Waals surface area contributed by atoms with E-state index in [4.69, 9.17) is 5.50 Å². The summed E-state index contributed by atoms with van der Waals surface area (Å²) in [5.74, 6) is 0. The van der Waals surface area contributed by atoms with Gasteiger partial charge in [-0.15, -0.1) is 0 Å². The van der Waals surface area contributed by atoms with Crippen molar-refractivity contribution in [3.8, 4) is 0 Å². The van der Waals surface area contributed by atoms with Crippen LogP contribution in [0.2, 0.25) is 0 Å². The summed E-state index contributed by atoms with van der Waals surface area (Å²) >= 11 is 0. The highest BCUT2D eigenvalue weighted by Gasteiger charge is 2.15. The quantitative estimate of drug-likeness (QED) is 0.621. The molecule has 0 aliphatic carbocycles. The lowest BCUT2D eigenvalue weighted by Crippen LogP contribution is -2.05. The SMILES string of the molecule is CC[P@]([NH])(=O)c1ccccc1. The monoisotopic (exact) mass is 168 g/mol. The summed E-state index contributed by atoms with van der Waals surface area (Å²) in [5, 5.41) is 0.655. The molecule has 1 atom stereocenters. The minimum atomic E-state index is -2.78. The van der Waals surface area contributed by atoms with Crippen molar-refractivity contribution in [2.24, 2.45) is 0 Å². The molecule has 0 aromatic heterocycles. The van der Waals surface area contributed by atoms with Crippen molar-refractivity contribution < 1.29 is 4.57 Å². The Morgan fingerprint density at radius 3 is 2.36 bits per heavy atom. The van der Waals surface area contributed by atoms with Gasteiger partial charge >= 0.3 is 0 Å². The van der Waals surface area contributed by atoms with Gasteiger partial charge in [-0.1, -0.05) is 37.3 Å². The van der Waals surface area contributed by atoms with Crippen LogP contribution in [0.25, 0.3) is 0 Å². The fourth-order valence-electron chi connectivity index (χ4n) is 0.851. The molecule has 0 unspecified atom stereocenters. The molecule has 0 saturated carbocycles. The van der Waals surface area contributed by atoms with E-state index < -0.39 is 7.29 Å². The zero-order valence-electron chi connectivity index (χ0n) is 6.45. The zero-order chi connectivity index (χ0) is 8.32. The first kappa shape index (κ1) is 8.51. The van der Waals surface area contributed by atoms with E-state index in [-0.39, 0.29) is 0 Å². The Morgan fingerprint density at radius 1 is 1.36 bits per heavy atom. The van der Waals surface area contributed by atoms with E-state index in [1.807, 2.05) is 18.2 Å². The van der Waals surface area contributed by atoms with Gasteiger partial charge in [-0.3, -0.25) is 0 Å². The van der Waals surface area contributed by atoms with Crippen LogP contribution in [-0.2, 0) is 4.57 Å². The molecular weight excluding hydrogens is 157 g/mol. The number of hydrogen-bond acceptors (Lipinski definition) is 1. The summed E-state index contributed by atoms with van der Waals surface area (Å²) in [6.45, 7) is 1.78. The van der Waals surface area contributed by atoms with Gasteiger partial charge in [-0.05, 0) is 0 Å². The Balaban J connectivity index is 3.03. The number of benzene rings is 1. The molecule has 3 heteroatoms. The molecule has 1 radical (unpaired) electrons. The Morgan fingerprint density at radius 2 is 1.91 bits per heavy atom. The standard InChI is InChI=1S/C8H11NOP/c1-2-11(9,10)8-6-4-3-5-7-8/h3-7,9H,2H2,1H3/t11-/m0/s1. The molecule has 0 bridgehead atoms. The lowest BCUT2D eigenvalue weighted by Gasteiger charge is -2.07. The Kier molecular flexibility index (Phi) is 2.48. The van der Waals surface area contributed by atoms with Gasteiger partial charge in [0.15, 0.2) is 7.29 Å². The maximum absolute atomic E-state index is 11.5. The first-order valence-electron chi connectivity index (χ1n) is 3.56. The van der Waals surface area contributed by atoms with Gasteiger partial charge in [0.2, 0.25) is 0 Å². The van der Waals surface area contributed by atoms with Crippen molar-refractivity contribution in [2.75, 3.05) is 6.16 Å². The molecule has 1 N–H and O–H groups in total. The van der Waals surface area contributed by atoms with E-state index in [1.54, 1.807) is 19.1 Å². The van der Waals surface area contributed by atoms with E-state index in [0.717, 1.165) is 0 Å². The van der Waals surface area contributed by atoms with Crippen LogP contribution in [-0.4, -0.2) is 6.16 Å². The summed E-state index contributed by atoms with van der Waals surface area (Å²) < 4.78 is 11.5. The normalized spacial score (nSPS) is 15.8. The highest BCUT2D eigenvalue weighted by molar-refractivity contribution is 7.68. The van der Waals surface area contributed by atoms with Crippen molar-refractivity contribution >= 4 is 12.6 Å². The zero-order valence-corrected chi connectivity index (χ0v) is 7.34. The van der Waals surface area contributed by atoms with Crippen LogP contribution >= 0.6 is 7.29 Å². The van der Waals surface area contributed by atoms with Crippen LogP contribution in [0.5, 0.6) is 0 Å². The van der Waals surface area contributed by atoms with Crippen molar-refractivity contribution in [2.45, 2.75) is 6.92 Å². The molecule has 59 valence electrons. The van der Waals surface area contributed by atoms with Crippen LogP contribution < -0.4 is 10.8 Å². The van der Waals surface area contributed by atoms with E-state index in [2.05, 4.69) is 0 Å². The van der Waals surface area contributed by atoms with Gasteiger partial charge in [0, 0.05) is 11.5 Å². The molecule has 2 nitrogen and oxygen atoms in total. The molecule has 0 saturated heterocycles. The first-order chi connectivity index (χ1) is 5.17. The van der Waals surface area contributed by atoms with Gasteiger partial charge in [0.25, 0.3) is 0 Å². The van der Waals surface area contributed by atoms with Gasteiger partial charge in [0.05, 0.1) is 0 Å². The molecule has 1 rings (SSSR count). The summed E-state index contributed by atoms with van der Waals surface area (Å²) in [6, 6.07) is 8.98. The molecule has 0 heterocycles. The van der Waals surface area contributed by atoms with Crippen LogP contribution in [0.1, 0.15) is 6.92 Å². The molecule has 1 aromatic rings. The predicted octanol–water partition coefficient (Wildman–Crippen LogP) is 1.89. The molecule has 0 amide bonds. The van der Waals surface area contributed by atoms with Crippen molar-refractivity contribution in [1.29, 1.82) is 0 Å². The van der Waals surface area contributed by atoms with Crippen molar-refractivity contribution in [3.63, 3.8) is 0 Å². The van der Waals surface area contributed by atoms with Crippen LogP contribution in [0.3, 0.4) is 0 Å². The molecular formula is C8H11NOP. The maximum Gasteiger partial charge on any atom is 0.188 e. The molecule has 11 heavy (non-hydrogen) atoms. The Bertz CT molecular complexity index is 271. The summed E-state index contributed by atoms with van der Waals surface area (Å²) in [7, 11) is -2.78. The summed E-state index contributed by atoms with van der Waals surface area (Å²) in [5.41, 5.74) is 7.47. The minimum Gasteiger partial charge on any atom is -0.300 e. The van der Waals surface area contributed by atoms with Crippen LogP contribution in [0.15, 0.2) is 30.3 Å². The number of rotatable bonds is 2. The van der Waals surface area contributed by atoms with Gasteiger partial charge in [-0.25, -0.2) is 0 Å². The molecule has 0 aliphatic heterocycles. The second-order valence-electron chi connectivity index (χ2n) is 2.39. The third-order valence-electron chi connectivity index (χ3n) is 1.62. The smallest absolute Gasteiger partial charge is 0.188 e. The molecule has 0 fully saturated rings. The highest BCUT2D eigenvalue weighted by Crippen LogP contribution is 2.36. The average molecular weight is 168 g/mol. The predicted molar refractivity (Wildman–Crippen MR) is 47.3 cm³/mol. The van der Waals surface area contributed by atoms with Gasteiger partial charge in [0.1, 0.15) is 0 Å². The summed E-state index contributed by atoms with van der Waals surface area (Å²) in [6.07, 6.45) is 0.414.